The fourth-order valence-corrected chi connectivity index (χ4v) is 2.59. The number of benzene rings is 1. The van der Waals surface area contributed by atoms with Gasteiger partial charge in [-0.2, -0.15) is 5.10 Å². The summed E-state index contributed by atoms with van der Waals surface area (Å²) in [5.74, 6) is 0. The number of rotatable bonds is 6. The highest BCUT2D eigenvalue weighted by molar-refractivity contribution is 6.30. The number of nitrogens with zero attached hydrogens (tertiary/aromatic N) is 2. The quantitative estimate of drug-likeness (QED) is 0.821. The fourth-order valence-electron chi connectivity index (χ4n) is 2.39. The van der Waals surface area contributed by atoms with E-state index in [2.05, 4.69) is 36.5 Å². The van der Waals surface area contributed by atoms with Gasteiger partial charge in [-0.15, -0.1) is 0 Å². The van der Waals surface area contributed by atoms with Gasteiger partial charge in [0.05, 0.1) is 5.69 Å². The van der Waals surface area contributed by atoms with Crippen molar-refractivity contribution in [3.8, 4) is 11.1 Å². The summed E-state index contributed by atoms with van der Waals surface area (Å²) in [6, 6.07) is 6.10. The molecule has 3 nitrogen and oxygen atoms in total. The smallest absolute Gasteiger partial charge is 0.0700 e. The second-order valence-electron chi connectivity index (χ2n) is 4.99. The van der Waals surface area contributed by atoms with E-state index in [9.17, 15) is 0 Å². The second kappa shape index (κ2) is 6.91. The zero-order valence-corrected chi connectivity index (χ0v) is 13.2. The lowest BCUT2D eigenvalue weighted by Gasteiger charge is -2.11. The molecular formula is C16H22ClN3. The monoisotopic (exact) mass is 291 g/mol. The van der Waals surface area contributed by atoms with Crippen LogP contribution in [-0.2, 0) is 20.0 Å². The van der Waals surface area contributed by atoms with Gasteiger partial charge in [-0.1, -0.05) is 31.5 Å². The molecule has 0 fully saturated rings. The lowest BCUT2D eigenvalue weighted by molar-refractivity contribution is 0.676. The van der Waals surface area contributed by atoms with E-state index in [1.807, 2.05) is 23.9 Å². The SMILES string of the molecule is CCCNCc1cc(Cl)ccc1-c1cn(C)nc1CC. The molecule has 0 bridgehead atoms. The molecule has 2 rings (SSSR count). The van der Waals surface area contributed by atoms with Crippen LogP contribution < -0.4 is 5.32 Å². The first-order chi connectivity index (χ1) is 9.65. The molecule has 4 heteroatoms. The molecule has 0 saturated carbocycles. The number of hydrogen-bond acceptors (Lipinski definition) is 2. The Bertz CT molecular complexity index is 575. The molecule has 0 unspecified atom stereocenters. The molecule has 0 aliphatic rings. The van der Waals surface area contributed by atoms with Gasteiger partial charge in [0.25, 0.3) is 0 Å². The van der Waals surface area contributed by atoms with Crippen LogP contribution in [0.25, 0.3) is 11.1 Å². The van der Waals surface area contributed by atoms with Gasteiger partial charge < -0.3 is 5.32 Å². The van der Waals surface area contributed by atoms with Gasteiger partial charge in [-0.25, -0.2) is 0 Å². The fraction of sp³-hybridized carbons (Fsp3) is 0.438. The summed E-state index contributed by atoms with van der Waals surface area (Å²) in [6.07, 6.45) is 4.15. The minimum atomic E-state index is 0.781. The Morgan fingerprint density at radius 1 is 1.25 bits per heavy atom. The number of nitrogens with one attached hydrogen (secondary N) is 1. The number of halogens is 1. The third kappa shape index (κ3) is 3.41. The van der Waals surface area contributed by atoms with Crippen LogP contribution in [-0.4, -0.2) is 16.3 Å². The van der Waals surface area contributed by atoms with Crippen molar-refractivity contribution < 1.29 is 0 Å². The van der Waals surface area contributed by atoms with Crippen molar-refractivity contribution in [2.75, 3.05) is 6.54 Å². The van der Waals surface area contributed by atoms with Crippen LogP contribution in [0.5, 0.6) is 0 Å². The molecule has 1 N–H and O–H groups in total. The minimum absolute atomic E-state index is 0.781. The van der Waals surface area contributed by atoms with E-state index in [1.165, 1.54) is 16.7 Å². The maximum absolute atomic E-state index is 6.15. The molecule has 0 radical (unpaired) electrons. The predicted molar refractivity (Wildman–Crippen MR) is 85.0 cm³/mol. The van der Waals surface area contributed by atoms with Crippen LogP contribution >= 0.6 is 11.6 Å². The Morgan fingerprint density at radius 2 is 2.05 bits per heavy atom. The Hall–Kier alpha value is -1.32. The zero-order chi connectivity index (χ0) is 14.5. The van der Waals surface area contributed by atoms with Crippen LogP contribution in [0.15, 0.2) is 24.4 Å². The first-order valence-corrected chi connectivity index (χ1v) is 7.55. The lowest BCUT2D eigenvalue weighted by Crippen LogP contribution is -2.14. The number of aromatic nitrogens is 2. The van der Waals surface area contributed by atoms with Crippen LogP contribution in [0.4, 0.5) is 0 Å². The summed E-state index contributed by atoms with van der Waals surface area (Å²) in [5, 5.41) is 8.76. The van der Waals surface area contributed by atoms with E-state index in [0.29, 0.717) is 0 Å². The van der Waals surface area contributed by atoms with E-state index in [-0.39, 0.29) is 0 Å². The van der Waals surface area contributed by atoms with Crippen LogP contribution in [0.2, 0.25) is 5.02 Å². The predicted octanol–water partition coefficient (Wildman–Crippen LogP) is 3.80. The summed E-state index contributed by atoms with van der Waals surface area (Å²) in [7, 11) is 1.97. The second-order valence-corrected chi connectivity index (χ2v) is 5.43. The van der Waals surface area contributed by atoms with E-state index >= 15 is 0 Å². The Labute approximate surface area is 126 Å². The van der Waals surface area contributed by atoms with Gasteiger partial charge in [-0.3, -0.25) is 4.68 Å². The van der Waals surface area contributed by atoms with Gasteiger partial charge in [0, 0.05) is 30.4 Å². The lowest BCUT2D eigenvalue weighted by atomic mass is 9.99. The zero-order valence-electron chi connectivity index (χ0n) is 12.4. The highest BCUT2D eigenvalue weighted by atomic mass is 35.5. The normalized spacial score (nSPS) is 11.0. The molecule has 1 aromatic carbocycles. The average Bonchev–Trinajstić information content (AvgIpc) is 2.80. The van der Waals surface area contributed by atoms with Crippen molar-refractivity contribution in [2.24, 2.45) is 7.05 Å². The maximum atomic E-state index is 6.15. The van der Waals surface area contributed by atoms with Gasteiger partial charge in [0.2, 0.25) is 0 Å². The Kier molecular flexibility index (Phi) is 5.21. The third-order valence-electron chi connectivity index (χ3n) is 3.34. The highest BCUT2D eigenvalue weighted by Gasteiger charge is 2.12. The molecule has 0 amide bonds. The van der Waals surface area contributed by atoms with Crippen molar-refractivity contribution in [3.63, 3.8) is 0 Å². The van der Waals surface area contributed by atoms with Crippen molar-refractivity contribution in [1.82, 2.24) is 15.1 Å². The van der Waals surface area contributed by atoms with Gasteiger partial charge in [-0.05, 0) is 42.6 Å². The number of aryl methyl sites for hydroxylation is 2. The van der Waals surface area contributed by atoms with Crippen LogP contribution in [0.3, 0.4) is 0 Å². The molecule has 0 aliphatic heterocycles. The minimum Gasteiger partial charge on any atom is -0.313 e. The van der Waals surface area contributed by atoms with E-state index in [1.54, 1.807) is 0 Å². The third-order valence-corrected chi connectivity index (χ3v) is 3.57. The first-order valence-electron chi connectivity index (χ1n) is 7.17. The van der Waals surface area contributed by atoms with Crippen molar-refractivity contribution in [2.45, 2.75) is 33.2 Å². The molecule has 0 saturated heterocycles. The molecule has 0 aliphatic carbocycles. The standard InChI is InChI=1S/C16H22ClN3/c1-4-8-18-10-12-9-13(17)6-7-14(12)15-11-20(3)19-16(15)5-2/h6-7,9,11,18H,4-5,8,10H2,1-3H3. The summed E-state index contributed by atoms with van der Waals surface area (Å²) < 4.78 is 1.88. The highest BCUT2D eigenvalue weighted by Crippen LogP contribution is 2.29. The molecule has 20 heavy (non-hydrogen) atoms. The molecular weight excluding hydrogens is 270 g/mol. The summed E-state index contributed by atoms with van der Waals surface area (Å²) >= 11 is 6.15. The van der Waals surface area contributed by atoms with Crippen LogP contribution in [0, 0.1) is 0 Å². The van der Waals surface area contributed by atoms with E-state index in [0.717, 1.165) is 36.6 Å². The van der Waals surface area contributed by atoms with Crippen molar-refractivity contribution >= 4 is 11.6 Å². The van der Waals surface area contributed by atoms with E-state index < -0.39 is 0 Å². The average molecular weight is 292 g/mol. The first kappa shape index (κ1) is 15.1. The Morgan fingerprint density at radius 3 is 2.75 bits per heavy atom. The van der Waals surface area contributed by atoms with E-state index in [4.69, 9.17) is 11.6 Å². The van der Waals surface area contributed by atoms with Crippen molar-refractivity contribution in [1.29, 1.82) is 0 Å². The molecule has 1 aromatic heterocycles. The Balaban J connectivity index is 2.39. The molecule has 2 aromatic rings. The summed E-state index contributed by atoms with van der Waals surface area (Å²) in [5.41, 5.74) is 4.79. The van der Waals surface area contributed by atoms with Crippen LogP contribution in [0.1, 0.15) is 31.5 Å². The van der Waals surface area contributed by atoms with Gasteiger partial charge in [0.15, 0.2) is 0 Å². The number of hydrogen-bond donors (Lipinski definition) is 1. The van der Waals surface area contributed by atoms with Gasteiger partial charge >= 0.3 is 0 Å². The van der Waals surface area contributed by atoms with Crippen molar-refractivity contribution in [3.05, 3.63) is 40.7 Å². The van der Waals surface area contributed by atoms with Gasteiger partial charge in [0.1, 0.15) is 0 Å². The molecule has 1 heterocycles. The largest absolute Gasteiger partial charge is 0.313 e. The summed E-state index contributed by atoms with van der Waals surface area (Å²) in [4.78, 5) is 0. The molecule has 0 spiro atoms. The molecule has 108 valence electrons. The topological polar surface area (TPSA) is 29.9 Å². The maximum Gasteiger partial charge on any atom is 0.0700 e. The molecule has 0 atom stereocenters. The summed E-state index contributed by atoms with van der Waals surface area (Å²) in [6.45, 7) is 6.15.